The highest BCUT2D eigenvalue weighted by atomic mass is 16.1. The highest BCUT2D eigenvalue weighted by molar-refractivity contribution is 5.33. The molecule has 19 heavy (non-hydrogen) atoms. The van der Waals surface area contributed by atoms with Gasteiger partial charge in [-0.3, -0.25) is 4.79 Å². The first-order chi connectivity index (χ1) is 9.06. The third-order valence-corrected chi connectivity index (χ3v) is 3.59. The van der Waals surface area contributed by atoms with E-state index in [4.69, 9.17) is 5.73 Å². The first-order valence-electron chi connectivity index (χ1n) is 7.25. The molecule has 0 spiro atoms. The Morgan fingerprint density at radius 3 is 2.74 bits per heavy atom. The molecule has 1 atom stereocenters. The van der Waals surface area contributed by atoms with E-state index in [0.717, 1.165) is 38.5 Å². The molecule has 0 bridgehead atoms. The number of anilines is 1. The van der Waals surface area contributed by atoms with Crippen LogP contribution in [0, 0.1) is 5.92 Å². The Kier molecular flexibility index (Phi) is 6.64. The highest BCUT2D eigenvalue weighted by Crippen LogP contribution is 2.05. The van der Waals surface area contributed by atoms with Crippen molar-refractivity contribution >= 4 is 5.69 Å². The quantitative estimate of drug-likeness (QED) is 0.784. The molecular weight excluding hydrogens is 238 g/mol. The number of aryl methyl sites for hydroxylation is 1. The standard InChI is InChI=1S/C15H27N3O/c1-4-13(3)11-17(5-2)9-6-10-18-12-14(16)7-8-15(18)19/h7-8,12-13H,4-6,9-11,16H2,1-3H3. The van der Waals surface area contributed by atoms with Crippen molar-refractivity contribution in [3.8, 4) is 0 Å². The predicted octanol–water partition coefficient (Wildman–Crippen LogP) is 2.19. The molecule has 1 aromatic heterocycles. The van der Waals surface area contributed by atoms with Gasteiger partial charge < -0.3 is 15.2 Å². The number of nitrogens with zero attached hydrogens (tertiary/aromatic N) is 2. The molecule has 2 N–H and O–H groups in total. The average molecular weight is 265 g/mol. The van der Waals surface area contributed by atoms with Crippen LogP contribution in [-0.2, 0) is 6.54 Å². The van der Waals surface area contributed by atoms with E-state index >= 15 is 0 Å². The van der Waals surface area contributed by atoms with Gasteiger partial charge in [0.25, 0.3) is 5.56 Å². The Morgan fingerprint density at radius 1 is 1.37 bits per heavy atom. The van der Waals surface area contributed by atoms with E-state index in [-0.39, 0.29) is 5.56 Å². The van der Waals surface area contributed by atoms with Crippen LogP contribution in [0.3, 0.4) is 0 Å². The van der Waals surface area contributed by atoms with E-state index in [0.29, 0.717) is 5.69 Å². The summed E-state index contributed by atoms with van der Waals surface area (Å²) in [7, 11) is 0. The summed E-state index contributed by atoms with van der Waals surface area (Å²) in [6, 6.07) is 3.19. The Hall–Kier alpha value is -1.29. The van der Waals surface area contributed by atoms with Gasteiger partial charge in [0.1, 0.15) is 0 Å². The normalized spacial score (nSPS) is 12.8. The number of nitrogen functional groups attached to an aromatic ring is 1. The van der Waals surface area contributed by atoms with Crippen LogP contribution in [0.4, 0.5) is 5.69 Å². The lowest BCUT2D eigenvalue weighted by atomic mass is 10.1. The second-order valence-electron chi connectivity index (χ2n) is 5.25. The maximum Gasteiger partial charge on any atom is 0.250 e. The molecule has 0 fully saturated rings. The van der Waals surface area contributed by atoms with Crippen LogP contribution in [-0.4, -0.2) is 29.1 Å². The SMILES string of the molecule is CCC(C)CN(CC)CCCn1cc(N)ccc1=O. The molecule has 0 amide bonds. The van der Waals surface area contributed by atoms with Gasteiger partial charge in [0.15, 0.2) is 0 Å². The van der Waals surface area contributed by atoms with Gasteiger partial charge in [-0.2, -0.15) is 0 Å². The molecule has 108 valence electrons. The van der Waals surface area contributed by atoms with E-state index in [9.17, 15) is 4.79 Å². The van der Waals surface area contributed by atoms with Crippen LogP contribution in [0.5, 0.6) is 0 Å². The lowest BCUT2D eigenvalue weighted by Gasteiger charge is -2.23. The van der Waals surface area contributed by atoms with Crippen LogP contribution < -0.4 is 11.3 Å². The summed E-state index contributed by atoms with van der Waals surface area (Å²) in [4.78, 5) is 14.1. The molecule has 0 radical (unpaired) electrons. The first kappa shape index (κ1) is 15.8. The molecule has 0 saturated heterocycles. The zero-order chi connectivity index (χ0) is 14.3. The fourth-order valence-electron chi connectivity index (χ4n) is 2.14. The predicted molar refractivity (Wildman–Crippen MR) is 81.3 cm³/mol. The molecule has 0 saturated carbocycles. The smallest absolute Gasteiger partial charge is 0.250 e. The Balaban J connectivity index is 2.44. The molecular formula is C15H27N3O. The molecule has 4 nitrogen and oxygen atoms in total. The minimum Gasteiger partial charge on any atom is -0.398 e. The minimum atomic E-state index is 0.0270. The number of pyridine rings is 1. The molecule has 1 aromatic rings. The van der Waals surface area contributed by atoms with Crippen LogP contribution in [0.2, 0.25) is 0 Å². The third kappa shape index (κ3) is 5.47. The number of hydrogen-bond donors (Lipinski definition) is 1. The summed E-state index contributed by atoms with van der Waals surface area (Å²) in [6.07, 6.45) is 3.92. The molecule has 0 aliphatic carbocycles. The van der Waals surface area contributed by atoms with Gasteiger partial charge in [-0.25, -0.2) is 0 Å². The van der Waals surface area contributed by atoms with Crippen molar-refractivity contribution in [1.29, 1.82) is 0 Å². The summed E-state index contributed by atoms with van der Waals surface area (Å²) in [5.74, 6) is 0.732. The molecule has 1 unspecified atom stereocenters. The van der Waals surface area contributed by atoms with Crippen molar-refractivity contribution in [2.75, 3.05) is 25.4 Å². The van der Waals surface area contributed by atoms with Crippen molar-refractivity contribution in [2.45, 2.75) is 40.2 Å². The third-order valence-electron chi connectivity index (χ3n) is 3.59. The van der Waals surface area contributed by atoms with Gasteiger partial charge in [0.2, 0.25) is 0 Å². The fraction of sp³-hybridized carbons (Fsp3) is 0.667. The monoisotopic (exact) mass is 265 g/mol. The van der Waals surface area contributed by atoms with Crippen LogP contribution in [0.1, 0.15) is 33.6 Å². The lowest BCUT2D eigenvalue weighted by Crippen LogP contribution is -2.30. The Morgan fingerprint density at radius 2 is 2.11 bits per heavy atom. The van der Waals surface area contributed by atoms with Gasteiger partial charge >= 0.3 is 0 Å². The summed E-state index contributed by atoms with van der Waals surface area (Å²) < 4.78 is 1.70. The number of nitrogens with two attached hydrogens (primary N) is 1. The van der Waals surface area contributed by atoms with Crippen molar-refractivity contribution in [1.82, 2.24) is 9.47 Å². The largest absolute Gasteiger partial charge is 0.398 e. The van der Waals surface area contributed by atoms with Gasteiger partial charge in [0, 0.05) is 31.0 Å². The number of rotatable bonds is 8. The molecule has 1 rings (SSSR count). The average Bonchev–Trinajstić information content (AvgIpc) is 2.41. The van der Waals surface area contributed by atoms with Crippen LogP contribution in [0.15, 0.2) is 23.1 Å². The van der Waals surface area contributed by atoms with Gasteiger partial charge in [-0.05, 0) is 31.5 Å². The second kappa shape index (κ2) is 8.00. The van der Waals surface area contributed by atoms with Crippen molar-refractivity contribution in [3.63, 3.8) is 0 Å². The van der Waals surface area contributed by atoms with Gasteiger partial charge in [0.05, 0.1) is 0 Å². The van der Waals surface area contributed by atoms with Crippen LogP contribution in [0.25, 0.3) is 0 Å². The summed E-state index contributed by atoms with van der Waals surface area (Å²) in [5, 5.41) is 0. The minimum absolute atomic E-state index is 0.0270. The summed E-state index contributed by atoms with van der Waals surface area (Å²) in [6.45, 7) is 10.7. The topological polar surface area (TPSA) is 51.3 Å². The zero-order valence-electron chi connectivity index (χ0n) is 12.4. The lowest BCUT2D eigenvalue weighted by molar-refractivity contribution is 0.239. The van der Waals surface area contributed by atoms with Gasteiger partial charge in [-0.1, -0.05) is 27.2 Å². The molecule has 0 aromatic carbocycles. The Labute approximate surface area is 116 Å². The maximum atomic E-state index is 11.6. The van der Waals surface area contributed by atoms with E-state index in [1.807, 2.05) is 0 Å². The first-order valence-corrected chi connectivity index (χ1v) is 7.25. The second-order valence-corrected chi connectivity index (χ2v) is 5.25. The molecule has 4 heteroatoms. The summed E-state index contributed by atoms with van der Waals surface area (Å²) in [5.41, 5.74) is 6.37. The van der Waals surface area contributed by atoms with Crippen LogP contribution >= 0.6 is 0 Å². The van der Waals surface area contributed by atoms with Gasteiger partial charge in [-0.15, -0.1) is 0 Å². The van der Waals surface area contributed by atoms with Crippen molar-refractivity contribution in [3.05, 3.63) is 28.7 Å². The molecule has 0 aliphatic heterocycles. The van der Waals surface area contributed by atoms with E-state index in [2.05, 4.69) is 25.7 Å². The zero-order valence-corrected chi connectivity index (χ0v) is 12.4. The molecule has 1 heterocycles. The summed E-state index contributed by atoms with van der Waals surface area (Å²) >= 11 is 0. The number of aromatic nitrogens is 1. The van der Waals surface area contributed by atoms with Crippen molar-refractivity contribution < 1.29 is 0 Å². The molecule has 0 aliphatic rings. The highest BCUT2D eigenvalue weighted by Gasteiger charge is 2.07. The van der Waals surface area contributed by atoms with Crippen molar-refractivity contribution in [2.24, 2.45) is 5.92 Å². The van der Waals surface area contributed by atoms with E-state index in [1.54, 1.807) is 16.8 Å². The maximum absolute atomic E-state index is 11.6. The fourth-order valence-corrected chi connectivity index (χ4v) is 2.14. The van der Waals surface area contributed by atoms with E-state index in [1.165, 1.54) is 12.5 Å². The Bertz CT molecular complexity index is 428. The van der Waals surface area contributed by atoms with E-state index < -0.39 is 0 Å². The number of hydrogen-bond acceptors (Lipinski definition) is 3.